The molecule has 7 heteroatoms. The van der Waals surface area contributed by atoms with Crippen molar-refractivity contribution in [1.82, 2.24) is 15.1 Å². The molecule has 2 saturated heterocycles. The second-order valence-electron chi connectivity index (χ2n) is 5.94. The zero-order valence-corrected chi connectivity index (χ0v) is 13.5. The number of hydrogen-bond donors (Lipinski definition) is 1. The summed E-state index contributed by atoms with van der Waals surface area (Å²) < 4.78 is 14.0. The molecule has 2 heterocycles. The summed E-state index contributed by atoms with van der Waals surface area (Å²) in [6, 6.07) is 4.09. The van der Waals surface area contributed by atoms with E-state index in [0.717, 1.165) is 25.5 Å². The lowest BCUT2D eigenvalue weighted by Crippen LogP contribution is -2.57. The Morgan fingerprint density at radius 3 is 2.91 bits per heavy atom. The highest BCUT2D eigenvalue weighted by atomic mass is 35.5. The van der Waals surface area contributed by atoms with E-state index in [0.29, 0.717) is 26.2 Å². The van der Waals surface area contributed by atoms with Crippen molar-refractivity contribution in [2.24, 2.45) is 0 Å². The highest BCUT2D eigenvalue weighted by Crippen LogP contribution is 2.21. The van der Waals surface area contributed by atoms with E-state index >= 15 is 0 Å². The fraction of sp³-hybridized carbons (Fsp3) is 0.500. The van der Waals surface area contributed by atoms with E-state index in [2.05, 4.69) is 5.32 Å². The number of rotatable bonds is 2. The van der Waals surface area contributed by atoms with Gasteiger partial charge in [0.05, 0.1) is 12.1 Å². The number of benzene rings is 1. The Bertz CT molecular complexity index is 625. The maximum absolute atomic E-state index is 14.0. The summed E-state index contributed by atoms with van der Waals surface area (Å²) in [5.74, 6) is -0.887. The van der Waals surface area contributed by atoms with E-state index < -0.39 is 5.82 Å². The van der Waals surface area contributed by atoms with Crippen LogP contribution in [0.15, 0.2) is 18.2 Å². The quantitative estimate of drug-likeness (QED) is 0.888. The van der Waals surface area contributed by atoms with Crippen LogP contribution >= 0.6 is 11.6 Å². The molecule has 1 aromatic rings. The summed E-state index contributed by atoms with van der Waals surface area (Å²) in [4.78, 5) is 28.1. The Hall–Kier alpha value is -1.66. The van der Waals surface area contributed by atoms with Gasteiger partial charge in [0.1, 0.15) is 5.82 Å². The fourth-order valence-corrected chi connectivity index (χ4v) is 3.39. The number of piperidine rings is 1. The lowest BCUT2D eigenvalue weighted by molar-refractivity contribution is -0.135. The molecular weight excluding hydrogens is 321 g/mol. The highest BCUT2D eigenvalue weighted by Gasteiger charge is 2.32. The largest absolute Gasteiger partial charge is 0.336 e. The third kappa shape index (κ3) is 3.48. The number of amides is 2. The molecule has 2 amide bonds. The van der Waals surface area contributed by atoms with Crippen molar-refractivity contribution < 1.29 is 14.0 Å². The predicted octanol–water partition coefficient (Wildman–Crippen LogP) is 1.52. The highest BCUT2D eigenvalue weighted by molar-refractivity contribution is 6.30. The number of likely N-dealkylation sites (tertiary alicyclic amines) is 1. The topological polar surface area (TPSA) is 52.7 Å². The van der Waals surface area contributed by atoms with Gasteiger partial charge in [-0.05, 0) is 31.0 Å². The minimum atomic E-state index is -0.608. The zero-order chi connectivity index (χ0) is 16.4. The van der Waals surface area contributed by atoms with Gasteiger partial charge in [-0.15, -0.1) is 0 Å². The molecule has 0 bridgehead atoms. The van der Waals surface area contributed by atoms with Crippen LogP contribution in [0, 0.1) is 5.82 Å². The van der Waals surface area contributed by atoms with Crippen molar-refractivity contribution >= 4 is 23.4 Å². The Morgan fingerprint density at radius 1 is 1.35 bits per heavy atom. The van der Waals surface area contributed by atoms with Crippen LogP contribution in [0.2, 0.25) is 5.02 Å². The third-order valence-electron chi connectivity index (χ3n) is 4.41. The first-order valence-corrected chi connectivity index (χ1v) is 8.18. The fourth-order valence-electron chi connectivity index (χ4n) is 3.23. The molecule has 0 spiro atoms. The number of piperazine rings is 1. The average molecular weight is 340 g/mol. The van der Waals surface area contributed by atoms with Crippen molar-refractivity contribution in [1.29, 1.82) is 0 Å². The molecule has 0 aromatic heterocycles. The van der Waals surface area contributed by atoms with Gasteiger partial charge in [0.25, 0.3) is 5.91 Å². The molecule has 1 atom stereocenters. The summed E-state index contributed by atoms with van der Waals surface area (Å²) in [6.07, 6.45) is 1.68. The zero-order valence-electron chi connectivity index (χ0n) is 12.7. The predicted molar refractivity (Wildman–Crippen MR) is 84.9 cm³/mol. The van der Waals surface area contributed by atoms with Gasteiger partial charge in [-0.1, -0.05) is 11.6 Å². The molecule has 23 heavy (non-hydrogen) atoms. The SMILES string of the molecule is O=C(c1ccc(Cl)cc1F)N1CCCC(N2CCNCC2=O)C1. The monoisotopic (exact) mass is 339 g/mol. The molecule has 5 nitrogen and oxygen atoms in total. The molecule has 1 aromatic carbocycles. The number of carbonyl (C=O) groups excluding carboxylic acids is 2. The maximum atomic E-state index is 14.0. The van der Waals surface area contributed by atoms with Gasteiger partial charge in [0.2, 0.25) is 5.91 Å². The smallest absolute Gasteiger partial charge is 0.256 e. The van der Waals surface area contributed by atoms with E-state index in [-0.39, 0.29) is 28.4 Å². The Balaban J connectivity index is 1.72. The Labute approximate surface area is 139 Å². The molecule has 124 valence electrons. The summed E-state index contributed by atoms with van der Waals surface area (Å²) in [6.45, 7) is 2.80. The first-order valence-electron chi connectivity index (χ1n) is 7.81. The third-order valence-corrected chi connectivity index (χ3v) is 4.65. The number of halogens is 2. The second-order valence-corrected chi connectivity index (χ2v) is 6.37. The first-order chi connectivity index (χ1) is 11.1. The van der Waals surface area contributed by atoms with Crippen LogP contribution in [0.5, 0.6) is 0 Å². The van der Waals surface area contributed by atoms with Gasteiger partial charge in [-0.25, -0.2) is 4.39 Å². The minimum Gasteiger partial charge on any atom is -0.336 e. The molecule has 2 aliphatic heterocycles. The van der Waals surface area contributed by atoms with Crippen molar-refractivity contribution in [2.45, 2.75) is 18.9 Å². The molecule has 1 unspecified atom stereocenters. The van der Waals surface area contributed by atoms with Crippen LogP contribution in [0.25, 0.3) is 0 Å². The van der Waals surface area contributed by atoms with Gasteiger partial charge in [0, 0.05) is 37.2 Å². The Morgan fingerprint density at radius 2 is 2.17 bits per heavy atom. The van der Waals surface area contributed by atoms with Crippen molar-refractivity contribution in [3.63, 3.8) is 0 Å². The van der Waals surface area contributed by atoms with Crippen molar-refractivity contribution in [3.8, 4) is 0 Å². The van der Waals surface area contributed by atoms with Gasteiger partial charge in [0.15, 0.2) is 0 Å². The first kappa shape index (κ1) is 16.2. The normalized spacial score (nSPS) is 22.3. The van der Waals surface area contributed by atoms with E-state index in [1.807, 2.05) is 4.90 Å². The molecule has 2 aliphatic rings. The van der Waals surface area contributed by atoms with Crippen LogP contribution < -0.4 is 5.32 Å². The van der Waals surface area contributed by atoms with Crippen LogP contribution in [-0.4, -0.2) is 60.4 Å². The number of hydrogen-bond acceptors (Lipinski definition) is 3. The van der Waals surface area contributed by atoms with Crippen LogP contribution in [-0.2, 0) is 4.79 Å². The molecule has 3 rings (SSSR count). The average Bonchev–Trinajstić information content (AvgIpc) is 2.55. The second kappa shape index (κ2) is 6.84. The molecule has 0 aliphatic carbocycles. The number of carbonyl (C=O) groups is 2. The summed E-state index contributed by atoms with van der Waals surface area (Å²) in [7, 11) is 0. The van der Waals surface area contributed by atoms with Gasteiger partial charge in [-0.2, -0.15) is 0 Å². The maximum Gasteiger partial charge on any atom is 0.256 e. The minimum absolute atomic E-state index is 0.0117. The van der Waals surface area contributed by atoms with Crippen LogP contribution in [0.3, 0.4) is 0 Å². The van der Waals surface area contributed by atoms with Crippen molar-refractivity contribution in [2.75, 3.05) is 32.7 Å². The van der Waals surface area contributed by atoms with Gasteiger partial charge < -0.3 is 15.1 Å². The number of nitrogens with zero attached hydrogens (tertiary/aromatic N) is 2. The lowest BCUT2D eigenvalue weighted by Gasteiger charge is -2.41. The lowest BCUT2D eigenvalue weighted by atomic mass is 10.0. The molecular formula is C16H19ClFN3O2. The summed E-state index contributed by atoms with van der Waals surface area (Å²) in [5, 5.41) is 3.31. The molecule has 0 saturated carbocycles. The van der Waals surface area contributed by atoms with Gasteiger partial charge >= 0.3 is 0 Å². The molecule has 2 fully saturated rings. The standard InChI is InChI=1S/C16H19ClFN3O2/c17-11-3-4-13(14(18)8-11)16(23)20-6-1-2-12(10-20)21-7-5-19-9-15(21)22/h3-4,8,12,19H,1-2,5-7,9-10H2. The van der Waals surface area contributed by atoms with E-state index in [4.69, 9.17) is 11.6 Å². The summed E-state index contributed by atoms with van der Waals surface area (Å²) >= 11 is 5.73. The van der Waals surface area contributed by atoms with Crippen LogP contribution in [0.1, 0.15) is 23.2 Å². The van der Waals surface area contributed by atoms with E-state index in [9.17, 15) is 14.0 Å². The van der Waals surface area contributed by atoms with Crippen LogP contribution in [0.4, 0.5) is 4.39 Å². The van der Waals surface area contributed by atoms with E-state index in [1.165, 1.54) is 12.1 Å². The summed E-state index contributed by atoms with van der Waals surface area (Å²) in [5.41, 5.74) is 0.0293. The van der Waals surface area contributed by atoms with Crippen molar-refractivity contribution in [3.05, 3.63) is 34.6 Å². The van der Waals surface area contributed by atoms with E-state index in [1.54, 1.807) is 4.90 Å². The Kier molecular flexibility index (Phi) is 4.82. The molecule has 1 N–H and O–H groups in total. The molecule has 0 radical (unpaired) electrons. The number of nitrogens with one attached hydrogen (secondary N) is 1. The van der Waals surface area contributed by atoms with Gasteiger partial charge in [-0.3, -0.25) is 9.59 Å².